The summed E-state index contributed by atoms with van der Waals surface area (Å²) < 4.78 is 0. The summed E-state index contributed by atoms with van der Waals surface area (Å²) in [6.07, 6.45) is 3.74. The van der Waals surface area contributed by atoms with Crippen molar-refractivity contribution < 1.29 is 4.92 Å². The van der Waals surface area contributed by atoms with Crippen LogP contribution < -0.4 is 5.73 Å². The van der Waals surface area contributed by atoms with Crippen LogP contribution >= 0.6 is 0 Å². The van der Waals surface area contributed by atoms with Gasteiger partial charge in [-0.25, -0.2) is 9.97 Å². The van der Waals surface area contributed by atoms with Crippen LogP contribution in [0.25, 0.3) is 11.3 Å². The van der Waals surface area contributed by atoms with Gasteiger partial charge in [-0.1, -0.05) is 0 Å². The highest BCUT2D eigenvalue weighted by molar-refractivity contribution is 5.70. The van der Waals surface area contributed by atoms with Crippen molar-refractivity contribution in [2.45, 2.75) is 0 Å². The van der Waals surface area contributed by atoms with E-state index in [0.29, 0.717) is 5.56 Å². The molecule has 0 fully saturated rings. The summed E-state index contributed by atoms with van der Waals surface area (Å²) in [5.41, 5.74) is 5.77. The van der Waals surface area contributed by atoms with Crippen LogP contribution in [-0.4, -0.2) is 19.9 Å². The number of nitrogens with zero attached hydrogens (tertiary/aromatic N) is 5. The number of pyridine rings is 1. The number of nitrogens with two attached hydrogens (primary N) is 1. The molecule has 0 spiro atoms. The Bertz CT molecular complexity index is 664. The maximum atomic E-state index is 10.9. The molecule has 2 N–H and O–H groups in total. The molecule has 0 aliphatic heterocycles. The molecule has 2 rings (SSSR count). The number of hydrogen-bond donors (Lipinski definition) is 1. The number of nitriles is 1. The Morgan fingerprint density at radius 1 is 1.39 bits per heavy atom. The van der Waals surface area contributed by atoms with Crippen molar-refractivity contribution in [1.82, 2.24) is 15.0 Å². The maximum absolute atomic E-state index is 10.9. The average Bonchev–Trinajstić information content (AvgIpc) is 2.38. The fraction of sp³-hybridized carbons (Fsp3) is 0. The maximum Gasteiger partial charge on any atom is 0.313 e. The summed E-state index contributed by atoms with van der Waals surface area (Å²) >= 11 is 0. The molecular formula is C10H6N6O2. The second kappa shape index (κ2) is 4.42. The summed E-state index contributed by atoms with van der Waals surface area (Å²) in [4.78, 5) is 21.4. The molecule has 0 unspecified atom stereocenters. The van der Waals surface area contributed by atoms with Gasteiger partial charge in [0.1, 0.15) is 12.3 Å². The summed E-state index contributed by atoms with van der Waals surface area (Å²) in [6, 6.07) is 3.34. The largest absolute Gasteiger partial charge is 0.368 e. The van der Waals surface area contributed by atoms with Gasteiger partial charge in [0.25, 0.3) is 0 Å². The Kier molecular flexibility index (Phi) is 2.80. The molecule has 0 aliphatic carbocycles. The molecule has 2 aromatic heterocycles. The average molecular weight is 242 g/mol. The molecule has 8 heteroatoms. The van der Waals surface area contributed by atoms with Crippen molar-refractivity contribution in [3.05, 3.63) is 40.3 Å². The number of rotatable bonds is 2. The minimum Gasteiger partial charge on any atom is -0.368 e. The monoisotopic (exact) mass is 242 g/mol. The van der Waals surface area contributed by atoms with Crippen LogP contribution in [0.2, 0.25) is 0 Å². The van der Waals surface area contributed by atoms with E-state index >= 15 is 0 Å². The molecule has 0 aliphatic rings. The van der Waals surface area contributed by atoms with E-state index in [4.69, 9.17) is 11.0 Å². The molecule has 2 aromatic rings. The van der Waals surface area contributed by atoms with Gasteiger partial charge in [-0.2, -0.15) is 5.26 Å². The van der Waals surface area contributed by atoms with Gasteiger partial charge >= 0.3 is 5.69 Å². The molecule has 0 atom stereocenters. The molecule has 0 saturated heterocycles. The second-order valence-corrected chi connectivity index (χ2v) is 3.29. The van der Waals surface area contributed by atoms with Crippen molar-refractivity contribution in [3.8, 4) is 17.3 Å². The molecule has 0 bridgehead atoms. The van der Waals surface area contributed by atoms with Crippen LogP contribution in [-0.2, 0) is 0 Å². The van der Waals surface area contributed by atoms with Crippen molar-refractivity contribution in [3.63, 3.8) is 0 Å². The van der Waals surface area contributed by atoms with Crippen LogP contribution in [0.4, 0.5) is 11.6 Å². The van der Waals surface area contributed by atoms with Crippen LogP contribution in [0, 0.1) is 21.4 Å². The molecule has 0 aromatic carbocycles. The molecule has 8 nitrogen and oxygen atoms in total. The third-order valence-corrected chi connectivity index (χ3v) is 2.13. The zero-order chi connectivity index (χ0) is 13.1. The number of aromatic nitrogens is 3. The van der Waals surface area contributed by atoms with E-state index in [1.54, 1.807) is 0 Å². The lowest BCUT2D eigenvalue weighted by molar-refractivity contribution is -0.384. The molecular weight excluding hydrogens is 236 g/mol. The fourth-order valence-corrected chi connectivity index (χ4v) is 1.37. The van der Waals surface area contributed by atoms with Crippen molar-refractivity contribution in [1.29, 1.82) is 5.26 Å². The normalized spacial score (nSPS) is 9.72. The van der Waals surface area contributed by atoms with E-state index in [9.17, 15) is 10.1 Å². The Labute approximate surface area is 101 Å². The van der Waals surface area contributed by atoms with Crippen molar-refractivity contribution >= 4 is 11.6 Å². The van der Waals surface area contributed by atoms with Gasteiger partial charge in [-0.15, -0.1) is 0 Å². The van der Waals surface area contributed by atoms with Gasteiger partial charge in [0.15, 0.2) is 5.69 Å². The summed E-state index contributed by atoms with van der Waals surface area (Å²) in [6.45, 7) is 0. The fourth-order valence-electron chi connectivity index (χ4n) is 1.37. The van der Waals surface area contributed by atoms with Crippen molar-refractivity contribution in [2.75, 3.05) is 5.73 Å². The Morgan fingerprint density at radius 3 is 2.83 bits per heavy atom. The summed E-state index contributed by atoms with van der Waals surface area (Å²) in [7, 11) is 0. The van der Waals surface area contributed by atoms with Gasteiger partial charge in [0.05, 0.1) is 10.5 Å². The lowest BCUT2D eigenvalue weighted by Crippen LogP contribution is -2.01. The van der Waals surface area contributed by atoms with Crippen molar-refractivity contribution in [2.24, 2.45) is 0 Å². The second-order valence-electron chi connectivity index (χ2n) is 3.29. The third kappa shape index (κ3) is 2.05. The highest BCUT2D eigenvalue weighted by Crippen LogP contribution is 2.27. The first kappa shape index (κ1) is 11.4. The molecule has 18 heavy (non-hydrogen) atoms. The molecule has 0 radical (unpaired) electrons. The van der Waals surface area contributed by atoms with E-state index in [1.807, 2.05) is 6.07 Å². The number of anilines is 1. The van der Waals surface area contributed by atoms with Gasteiger partial charge < -0.3 is 5.73 Å². The Balaban J connectivity index is 2.66. The molecule has 0 saturated carbocycles. The molecule has 88 valence electrons. The first-order valence-corrected chi connectivity index (χ1v) is 4.74. The van der Waals surface area contributed by atoms with Gasteiger partial charge in [-0.3, -0.25) is 15.1 Å². The van der Waals surface area contributed by atoms with E-state index in [-0.39, 0.29) is 22.9 Å². The van der Waals surface area contributed by atoms with Crippen LogP contribution in [0.3, 0.4) is 0 Å². The number of hydrogen-bond acceptors (Lipinski definition) is 7. The Morgan fingerprint density at radius 2 is 2.17 bits per heavy atom. The van der Waals surface area contributed by atoms with E-state index < -0.39 is 4.92 Å². The van der Waals surface area contributed by atoms with Crippen LogP contribution in [0.1, 0.15) is 5.56 Å². The highest BCUT2D eigenvalue weighted by Gasteiger charge is 2.18. The predicted molar refractivity (Wildman–Crippen MR) is 61.0 cm³/mol. The van der Waals surface area contributed by atoms with Crippen LogP contribution in [0.15, 0.2) is 24.7 Å². The smallest absolute Gasteiger partial charge is 0.313 e. The van der Waals surface area contributed by atoms with Gasteiger partial charge in [0, 0.05) is 18.0 Å². The predicted octanol–water partition coefficient (Wildman–Crippen LogP) is 0.901. The Hall–Kier alpha value is -3.08. The van der Waals surface area contributed by atoms with E-state index in [1.165, 1.54) is 18.5 Å². The quantitative estimate of drug-likeness (QED) is 0.611. The summed E-state index contributed by atoms with van der Waals surface area (Å²) in [5, 5.41) is 19.6. The van der Waals surface area contributed by atoms with Crippen LogP contribution in [0.5, 0.6) is 0 Å². The van der Waals surface area contributed by atoms with E-state index in [2.05, 4.69) is 15.0 Å². The summed E-state index contributed by atoms with van der Waals surface area (Å²) in [5.74, 6) is -0.0852. The zero-order valence-electron chi connectivity index (χ0n) is 8.94. The zero-order valence-corrected chi connectivity index (χ0v) is 8.94. The van der Waals surface area contributed by atoms with Gasteiger partial charge in [-0.05, 0) is 6.07 Å². The highest BCUT2D eigenvalue weighted by atomic mass is 16.6. The first-order valence-electron chi connectivity index (χ1n) is 4.74. The third-order valence-electron chi connectivity index (χ3n) is 2.13. The SMILES string of the molecule is N#Cc1cncc(-c2nc(N)ncc2[N+](=O)[O-])c1. The number of nitro groups is 1. The minimum atomic E-state index is -0.617. The lowest BCUT2D eigenvalue weighted by Gasteiger charge is -2.02. The number of nitrogen functional groups attached to an aromatic ring is 1. The molecule has 2 heterocycles. The molecule has 0 amide bonds. The minimum absolute atomic E-state index is 0.0390. The first-order chi connectivity index (χ1) is 8.61. The topological polar surface area (TPSA) is 132 Å². The van der Waals surface area contributed by atoms with E-state index in [0.717, 1.165) is 6.20 Å². The standard InChI is InChI=1S/C10H6N6O2/c11-2-6-1-7(4-13-3-6)9-8(16(17)18)5-14-10(12)15-9/h1,3-5H,(H2,12,14,15). The van der Waals surface area contributed by atoms with Gasteiger partial charge in [0.2, 0.25) is 5.95 Å². The lowest BCUT2D eigenvalue weighted by atomic mass is 10.1.